The number of benzene rings is 2. The van der Waals surface area contributed by atoms with Crippen LogP contribution in [0.25, 0.3) is 11.1 Å². The van der Waals surface area contributed by atoms with Gasteiger partial charge in [0.15, 0.2) is 0 Å². The molecule has 0 saturated carbocycles. The van der Waals surface area contributed by atoms with E-state index in [1.165, 1.54) is 5.56 Å². The Morgan fingerprint density at radius 2 is 2.05 bits per heavy atom. The van der Waals surface area contributed by atoms with Gasteiger partial charge in [0, 0.05) is 0 Å². The maximum absolute atomic E-state index is 10.9. The minimum Gasteiger partial charge on any atom is -0.465 e. The molecule has 3 rings (SSSR count). The van der Waals surface area contributed by atoms with Crippen molar-refractivity contribution in [2.24, 2.45) is 0 Å². The van der Waals surface area contributed by atoms with Gasteiger partial charge in [-0.3, -0.25) is 0 Å². The summed E-state index contributed by atoms with van der Waals surface area (Å²) >= 11 is 0. The van der Waals surface area contributed by atoms with E-state index in [1.807, 2.05) is 36.4 Å². The number of nitrogens with one attached hydrogen (secondary N) is 1. The average Bonchev–Trinajstić information content (AvgIpc) is 2.54. The first-order valence-electron chi connectivity index (χ1n) is 7.50. The molecule has 0 fully saturated rings. The molecule has 4 nitrogen and oxygen atoms in total. The Labute approximate surface area is 129 Å². The predicted molar refractivity (Wildman–Crippen MR) is 84.6 cm³/mol. The van der Waals surface area contributed by atoms with Crippen LogP contribution in [0, 0.1) is 0 Å². The zero-order valence-corrected chi connectivity index (χ0v) is 12.2. The van der Waals surface area contributed by atoms with Gasteiger partial charge in [-0.2, -0.15) is 0 Å². The highest BCUT2D eigenvalue weighted by Gasteiger charge is 2.22. The van der Waals surface area contributed by atoms with Crippen LogP contribution >= 0.6 is 0 Å². The molecule has 114 valence electrons. The van der Waals surface area contributed by atoms with Crippen LogP contribution < -0.4 is 5.32 Å². The summed E-state index contributed by atoms with van der Waals surface area (Å²) in [5.74, 6) is 0. The number of aliphatic hydroxyl groups is 1. The fourth-order valence-corrected chi connectivity index (χ4v) is 3.22. The second kappa shape index (κ2) is 6.20. The van der Waals surface area contributed by atoms with Crippen molar-refractivity contribution in [3.8, 4) is 11.1 Å². The number of aliphatic hydroxyl groups excluding tert-OH is 1. The van der Waals surface area contributed by atoms with E-state index in [0.717, 1.165) is 41.5 Å². The van der Waals surface area contributed by atoms with Crippen molar-refractivity contribution in [1.29, 1.82) is 0 Å². The van der Waals surface area contributed by atoms with Gasteiger partial charge in [-0.15, -0.1) is 0 Å². The minimum atomic E-state index is -0.979. The van der Waals surface area contributed by atoms with Gasteiger partial charge in [0.25, 0.3) is 0 Å². The molecule has 0 radical (unpaired) electrons. The molecule has 1 amide bonds. The highest BCUT2D eigenvalue weighted by atomic mass is 16.4. The summed E-state index contributed by atoms with van der Waals surface area (Å²) in [4.78, 5) is 10.9. The molecule has 1 aliphatic carbocycles. The third kappa shape index (κ3) is 2.83. The van der Waals surface area contributed by atoms with Gasteiger partial charge in [-0.25, -0.2) is 4.79 Å². The maximum Gasteiger partial charge on any atom is 0.405 e. The molecular weight excluding hydrogens is 278 g/mol. The first kappa shape index (κ1) is 14.6. The van der Waals surface area contributed by atoms with Gasteiger partial charge in [0.1, 0.15) is 0 Å². The van der Waals surface area contributed by atoms with Crippen LogP contribution in [0.1, 0.15) is 35.6 Å². The van der Waals surface area contributed by atoms with E-state index in [0.29, 0.717) is 0 Å². The van der Waals surface area contributed by atoms with E-state index in [1.54, 1.807) is 0 Å². The van der Waals surface area contributed by atoms with E-state index in [9.17, 15) is 9.90 Å². The molecule has 0 unspecified atom stereocenters. The van der Waals surface area contributed by atoms with Crippen molar-refractivity contribution in [2.75, 3.05) is 0 Å². The van der Waals surface area contributed by atoms with E-state index in [4.69, 9.17) is 5.11 Å². The first-order chi connectivity index (χ1) is 10.7. The molecule has 0 aromatic heterocycles. The van der Waals surface area contributed by atoms with Crippen LogP contribution in [-0.4, -0.2) is 16.3 Å². The van der Waals surface area contributed by atoms with Gasteiger partial charge >= 0.3 is 6.09 Å². The topological polar surface area (TPSA) is 69.6 Å². The largest absolute Gasteiger partial charge is 0.465 e. The lowest BCUT2D eigenvalue weighted by molar-refractivity contribution is 0.188. The molecule has 0 spiro atoms. The number of rotatable bonds is 3. The summed E-state index contributed by atoms with van der Waals surface area (Å²) in [6.45, 7) is 0.0104. The highest BCUT2D eigenvalue weighted by Crippen LogP contribution is 2.33. The molecule has 3 N–H and O–H groups in total. The van der Waals surface area contributed by atoms with Crippen LogP contribution in [0.3, 0.4) is 0 Å². The molecule has 0 aliphatic heterocycles. The summed E-state index contributed by atoms with van der Waals surface area (Å²) < 4.78 is 0. The number of carbonyl (C=O) groups is 1. The molecule has 22 heavy (non-hydrogen) atoms. The van der Waals surface area contributed by atoms with E-state index < -0.39 is 6.09 Å². The smallest absolute Gasteiger partial charge is 0.405 e. The summed E-state index contributed by atoms with van der Waals surface area (Å²) in [5.41, 5.74) is 5.26. The van der Waals surface area contributed by atoms with Crippen LogP contribution in [0.5, 0.6) is 0 Å². The molecular formula is C18H19NO3. The zero-order chi connectivity index (χ0) is 15.5. The van der Waals surface area contributed by atoms with Crippen molar-refractivity contribution in [1.82, 2.24) is 5.32 Å². The number of hydrogen-bond donors (Lipinski definition) is 3. The van der Waals surface area contributed by atoms with Crippen LogP contribution in [0.4, 0.5) is 4.79 Å². The summed E-state index contributed by atoms with van der Waals surface area (Å²) in [5, 5.41) is 21.0. The lowest BCUT2D eigenvalue weighted by atomic mass is 9.85. The molecule has 1 atom stereocenters. The molecule has 2 aromatic carbocycles. The highest BCUT2D eigenvalue weighted by molar-refractivity contribution is 5.69. The second-order valence-electron chi connectivity index (χ2n) is 5.62. The van der Waals surface area contributed by atoms with Gasteiger partial charge < -0.3 is 15.5 Å². The maximum atomic E-state index is 10.9. The fourth-order valence-electron chi connectivity index (χ4n) is 3.22. The Balaban J connectivity index is 1.99. The zero-order valence-electron chi connectivity index (χ0n) is 12.2. The third-order valence-electron chi connectivity index (χ3n) is 4.25. The van der Waals surface area contributed by atoms with E-state index >= 15 is 0 Å². The van der Waals surface area contributed by atoms with Crippen LogP contribution in [-0.2, 0) is 13.0 Å². The van der Waals surface area contributed by atoms with Gasteiger partial charge in [0.2, 0.25) is 0 Å². The molecule has 1 aliphatic rings. The minimum absolute atomic E-state index is 0.0104. The summed E-state index contributed by atoms with van der Waals surface area (Å²) in [6, 6.07) is 13.8. The number of amides is 1. The standard InChI is InChI=1S/C18H19NO3/c20-11-14-4-1-2-6-15(14)13-8-9-16-12(10-13)5-3-7-17(16)19-18(21)22/h1-2,4,6,8-10,17,19-20H,3,5,7,11H2,(H,21,22)/t17-/m1/s1. The normalized spacial score (nSPS) is 16.9. The van der Waals surface area contributed by atoms with Crippen molar-refractivity contribution in [2.45, 2.75) is 31.9 Å². The molecule has 0 saturated heterocycles. The molecule has 4 heteroatoms. The second-order valence-corrected chi connectivity index (χ2v) is 5.62. The van der Waals surface area contributed by atoms with Gasteiger partial charge in [-0.1, -0.05) is 42.5 Å². The average molecular weight is 297 g/mol. The number of carboxylic acid groups (broad SMARTS) is 1. The Kier molecular flexibility index (Phi) is 4.11. The van der Waals surface area contributed by atoms with Crippen LogP contribution in [0.15, 0.2) is 42.5 Å². The summed E-state index contributed by atoms with van der Waals surface area (Å²) in [6.07, 6.45) is 1.80. The first-order valence-corrected chi connectivity index (χ1v) is 7.50. The van der Waals surface area contributed by atoms with Crippen LogP contribution in [0.2, 0.25) is 0 Å². The van der Waals surface area contributed by atoms with Gasteiger partial charge in [0.05, 0.1) is 12.6 Å². The lowest BCUT2D eigenvalue weighted by Gasteiger charge is -2.26. The Hall–Kier alpha value is -2.33. The van der Waals surface area contributed by atoms with E-state index in [2.05, 4.69) is 11.4 Å². The van der Waals surface area contributed by atoms with Gasteiger partial charge in [-0.05, 0) is 47.1 Å². The quantitative estimate of drug-likeness (QED) is 0.812. The molecule has 2 aromatic rings. The summed E-state index contributed by atoms with van der Waals surface area (Å²) in [7, 11) is 0. The van der Waals surface area contributed by atoms with Crippen molar-refractivity contribution in [3.63, 3.8) is 0 Å². The molecule has 0 bridgehead atoms. The number of hydrogen-bond acceptors (Lipinski definition) is 2. The molecule has 0 heterocycles. The lowest BCUT2D eigenvalue weighted by Crippen LogP contribution is -2.29. The SMILES string of the molecule is O=C(O)N[C@@H]1CCCc2cc(-c3ccccc3CO)ccc21. The van der Waals surface area contributed by atoms with E-state index in [-0.39, 0.29) is 12.6 Å². The number of aryl methyl sites for hydroxylation is 1. The van der Waals surface area contributed by atoms with Crippen molar-refractivity contribution < 1.29 is 15.0 Å². The monoisotopic (exact) mass is 297 g/mol. The Morgan fingerprint density at radius 3 is 2.82 bits per heavy atom. The Morgan fingerprint density at radius 1 is 1.23 bits per heavy atom. The van der Waals surface area contributed by atoms with Crippen molar-refractivity contribution >= 4 is 6.09 Å². The third-order valence-corrected chi connectivity index (χ3v) is 4.25. The fraction of sp³-hybridized carbons (Fsp3) is 0.278. The Bertz CT molecular complexity index is 696. The number of fused-ring (bicyclic) bond motifs is 1. The predicted octanol–water partition coefficient (Wildman–Crippen LogP) is 3.49. The van der Waals surface area contributed by atoms with Crippen molar-refractivity contribution in [3.05, 3.63) is 59.2 Å².